The summed E-state index contributed by atoms with van der Waals surface area (Å²) in [6.45, 7) is 3.20. The Bertz CT molecular complexity index is 507. The summed E-state index contributed by atoms with van der Waals surface area (Å²) in [6, 6.07) is 0. The van der Waals surface area contributed by atoms with Gasteiger partial charge in [0.15, 0.2) is 5.96 Å². The average Bonchev–Trinajstić information content (AvgIpc) is 3.24. The van der Waals surface area contributed by atoms with Crippen LogP contribution in [0.25, 0.3) is 0 Å². The second kappa shape index (κ2) is 8.89. The highest BCUT2D eigenvalue weighted by molar-refractivity contribution is 14.0. The van der Waals surface area contributed by atoms with Gasteiger partial charge in [0.1, 0.15) is 0 Å². The molecule has 3 rings (SSSR count). The van der Waals surface area contributed by atoms with Crippen molar-refractivity contribution in [1.82, 2.24) is 20.0 Å². The van der Waals surface area contributed by atoms with Crippen molar-refractivity contribution in [2.24, 2.45) is 18.0 Å². The topological polar surface area (TPSA) is 45.5 Å². The zero-order valence-electron chi connectivity index (χ0n) is 14.4. The molecule has 6 heteroatoms. The number of likely N-dealkylation sites (tertiary alicyclic amines) is 1. The Morgan fingerprint density at radius 2 is 2.13 bits per heavy atom. The summed E-state index contributed by atoms with van der Waals surface area (Å²) >= 11 is 0. The lowest BCUT2D eigenvalue weighted by molar-refractivity contribution is 0.462. The van der Waals surface area contributed by atoms with Crippen molar-refractivity contribution in [3.05, 3.63) is 18.0 Å². The van der Waals surface area contributed by atoms with Crippen molar-refractivity contribution in [2.45, 2.75) is 44.4 Å². The highest BCUT2D eigenvalue weighted by atomic mass is 127. The Labute approximate surface area is 156 Å². The number of hydrogen-bond acceptors (Lipinski definition) is 2. The maximum Gasteiger partial charge on any atom is 0.193 e. The second-order valence-corrected chi connectivity index (χ2v) is 6.79. The van der Waals surface area contributed by atoms with Gasteiger partial charge in [-0.3, -0.25) is 9.67 Å². The maximum atomic E-state index is 4.48. The van der Waals surface area contributed by atoms with E-state index in [1.54, 1.807) is 0 Å². The molecule has 1 aliphatic heterocycles. The van der Waals surface area contributed by atoms with Crippen molar-refractivity contribution in [1.29, 1.82) is 0 Å². The van der Waals surface area contributed by atoms with E-state index in [0.717, 1.165) is 31.5 Å². The molecule has 1 saturated heterocycles. The predicted molar refractivity (Wildman–Crippen MR) is 105 cm³/mol. The maximum absolute atomic E-state index is 4.48. The summed E-state index contributed by atoms with van der Waals surface area (Å²) in [5, 5.41) is 7.87. The van der Waals surface area contributed by atoms with Gasteiger partial charge in [-0.15, -0.1) is 24.0 Å². The van der Waals surface area contributed by atoms with Gasteiger partial charge in [-0.25, -0.2) is 0 Å². The van der Waals surface area contributed by atoms with Crippen LogP contribution in [0.15, 0.2) is 17.4 Å². The zero-order valence-corrected chi connectivity index (χ0v) is 16.7. The Morgan fingerprint density at radius 3 is 2.78 bits per heavy atom. The fourth-order valence-electron chi connectivity index (χ4n) is 3.90. The first-order valence-corrected chi connectivity index (χ1v) is 8.70. The van der Waals surface area contributed by atoms with Crippen LogP contribution in [0.2, 0.25) is 0 Å². The van der Waals surface area contributed by atoms with Gasteiger partial charge < -0.3 is 10.2 Å². The molecule has 1 N–H and O–H groups in total. The molecule has 0 aromatic carbocycles. The molecule has 1 saturated carbocycles. The molecule has 23 heavy (non-hydrogen) atoms. The smallest absolute Gasteiger partial charge is 0.193 e. The molecular weight excluding hydrogens is 401 g/mol. The SMILES string of the molecule is CN=C(NCCC1CCCC1)N1CCC(c2cnn(C)c2)C1.I. The summed E-state index contributed by atoms with van der Waals surface area (Å²) in [5.74, 6) is 2.60. The molecule has 5 nitrogen and oxygen atoms in total. The van der Waals surface area contributed by atoms with Gasteiger partial charge in [-0.05, 0) is 24.3 Å². The molecular formula is C17H30IN5. The number of halogens is 1. The number of nitrogens with zero attached hydrogens (tertiary/aromatic N) is 4. The molecule has 0 amide bonds. The van der Waals surface area contributed by atoms with E-state index in [-0.39, 0.29) is 24.0 Å². The van der Waals surface area contributed by atoms with Crippen LogP contribution in [-0.2, 0) is 7.05 Å². The first-order valence-electron chi connectivity index (χ1n) is 8.70. The lowest BCUT2D eigenvalue weighted by atomic mass is 10.0. The van der Waals surface area contributed by atoms with E-state index in [9.17, 15) is 0 Å². The van der Waals surface area contributed by atoms with Crippen molar-refractivity contribution in [3.8, 4) is 0 Å². The van der Waals surface area contributed by atoms with Crippen LogP contribution in [0.3, 0.4) is 0 Å². The van der Waals surface area contributed by atoms with Crippen LogP contribution in [-0.4, -0.2) is 47.3 Å². The number of guanidine groups is 1. The van der Waals surface area contributed by atoms with E-state index in [0.29, 0.717) is 5.92 Å². The molecule has 1 aromatic rings. The molecule has 1 aromatic heterocycles. The molecule has 2 fully saturated rings. The standard InChI is InChI=1S/C17H29N5.HI/c1-18-17(19-9-7-14-5-3-4-6-14)22-10-8-15(13-22)16-11-20-21(2)12-16;/h11-12,14-15H,3-10,13H2,1-2H3,(H,18,19);1H. The summed E-state index contributed by atoms with van der Waals surface area (Å²) in [5.41, 5.74) is 1.35. The van der Waals surface area contributed by atoms with Gasteiger partial charge in [0.25, 0.3) is 0 Å². The molecule has 1 atom stereocenters. The summed E-state index contributed by atoms with van der Waals surface area (Å²) < 4.78 is 1.90. The van der Waals surface area contributed by atoms with Gasteiger partial charge in [0.2, 0.25) is 0 Å². The fourth-order valence-corrected chi connectivity index (χ4v) is 3.90. The molecule has 0 radical (unpaired) electrons. The van der Waals surface area contributed by atoms with Gasteiger partial charge in [-0.1, -0.05) is 25.7 Å². The van der Waals surface area contributed by atoms with E-state index in [2.05, 4.69) is 26.5 Å². The highest BCUT2D eigenvalue weighted by Crippen LogP contribution is 2.28. The lowest BCUT2D eigenvalue weighted by Gasteiger charge is -2.22. The largest absolute Gasteiger partial charge is 0.356 e. The molecule has 2 aliphatic rings. The van der Waals surface area contributed by atoms with Crippen molar-refractivity contribution in [2.75, 3.05) is 26.7 Å². The summed E-state index contributed by atoms with van der Waals surface area (Å²) in [6.07, 6.45) is 12.3. The minimum absolute atomic E-state index is 0. The minimum Gasteiger partial charge on any atom is -0.356 e. The molecule has 0 bridgehead atoms. The fraction of sp³-hybridized carbons (Fsp3) is 0.765. The van der Waals surface area contributed by atoms with Gasteiger partial charge in [0.05, 0.1) is 6.20 Å². The van der Waals surface area contributed by atoms with Crippen LogP contribution in [0.5, 0.6) is 0 Å². The number of aryl methyl sites for hydroxylation is 1. The van der Waals surface area contributed by atoms with E-state index < -0.39 is 0 Å². The Kier molecular flexibility index (Phi) is 7.17. The Balaban J connectivity index is 0.00000192. The van der Waals surface area contributed by atoms with Crippen LogP contribution in [0, 0.1) is 5.92 Å². The van der Waals surface area contributed by atoms with Crippen LogP contribution in [0.4, 0.5) is 0 Å². The van der Waals surface area contributed by atoms with E-state index in [1.165, 1.54) is 44.1 Å². The normalized spacial score (nSPS) is 22.4. The Morgan fingerprint density at radius 1 is 1.35 bits per heavy atom. The van der Waals surface area contributed by atoms with E-state index in [1.807, 2.05) is 25.0 Å². The molecule has 130 valence electrons. The van der Waals surface area contributed by atoms with Crippen LogP contribution in [0.1, 0.15) is 50.0 Å². The van der Waals surface area contributed by atoms with Gasteiger partial charge in [-0.2, -0.15) is 5.10 Å². The summed E-state index contributed by atoms with van der Waals surface area (Å²) in [4.78, 5) is 6.87. The number of aromatic nitrogens is 2. The quantitative estimate of drug-likeness (QED) is 0.453. The van der Waals surface area contributed by atoms with Gasteiger partial charge in [0, 0.05) is 45.8 Å². The highest BCUT2D eigenvalue weighted by Gasteiger charge is 2.27. The number of hydrogen-bond donors (Lipinski definition) is 1. The molecule has 0 spiro atoms. The third kappa shape index (κ3) is 4.84. The number of aliphatic imine (C=N–C) groups is 1. The van der Waals surface area contributed by atoms with Crippen molar-refractivity contribution in [3.63, 3.8) is 0 Å². The first-order chi connectivity index (χ1) is 10.8. The second-order valence-electron chi connectivity index (χ2n) is 6.79. The van der Waals surface area contributed by atoms with Gasteiger partial charge >= 0.3 is 0 Å². The third-order valence-corrected chi connectivity index (χ3v) is 5.21. The van der Waals surface area contributed by atoms with Crippen molar-refractivity contribution < 1.29 is 0 Å². The number of rotatable bonds is 4. The van der Waals surface area contributed by atoms with E-state index >= 15 is 0 Å². The Hall–Kier alpha value is -0.790. The monoisotopic (exact) mass is 431 g/mol. The molecule has 2 heterocycles. The molecule has 1 unspecified atom stereocenters. The predicted octanol–water partition coefficient (Wildman–Crippen LogP) is 2.98. The average molecular weight is 431 g/mol. The summed E-state index contributed by atoms with van der Waals surface area (Å²) in [7, 11) is 3.88. The third-order valence-electron chi connectivity index (χ3n) is 5.21. The van der Waals surface area contributed by atoms with E-state index in [4.69, 9.17) is 0 Å². The van der Waals surface area contributed by atoms with Crippen LogP contribution < -0.4 is 5.32 Å². The zero-order chi connectivity index (χ0) is 15.4. The lowest BCUT2D eigenvalue weighted by Crippen LogP contribution is -2.40. The minimum atomic E-state index is 0. The number of nitrogens with one attached hydrogen (secondary N) is 1. The van der Waals surface area contributed by atoms with Crippen molar-refractivity contribution >= 4 is 29.9 Å². The molecule has 1 aliphatic carbocycles. The van der Waals surface area contributed by atoms with Crippen LogP contribution >= 0.6 is 24.0 Å². The first kappa shape index (κ1) is 18.5.